The van der Waals surface area contributed by atoms with Crippen LogP contribution in [0.25, 0.3) is 0 Å². The average Bonchev–Trinajstić information content (AvgIpc) is 3.86. The summed E-state index contributed by atoms with van der Waals surface area (Å²) in [6.45, 7) is -6.97. The molecule has 6 aliphatic rings. The van der Waals surface area contributed by atoms with Gasteiger partial charge >= 0.3 is 0 Å². The molecule has 24 N–H and O–H groups in total. The van der Waals surface area contributed by atoms with E-state index in [-0.39, 0.29) is 151 Å². The Kier molecular flexibility index (Phi) is 35.6. The molecule has 0 aliphatic carbocycles. The van der Waals surface area contributed by atoms with Crippen LogP contribution >= 0.6 is 0 Å². The van der Waals surface area contributed by atoms with Gasteiger partial charge in [0.25, 0.3) is 0 Å². The zero-order valence-corrected chi connectivity index (χ0v) is 40.4. The minimum atomic E-state index is -2.22. The molecule has 0 unspecified atom stereocenters. The molecule has 0 aromatic carbocycles. The topological polar surface area (TPSA) is 569 Å². The van der Waals surface area contributed by atoms with E-state index in [1.807, 2.05) is 0 Å². The number of hydrogen-bond acceptors (Lipinski definition) is 33. The van der Waals surface area contributed by atoms with Crippen molar-refractivity contribution in [1.29, 1.82) is 0 Å². The molecule has 6 heterocycles. The van der Waals surface area contributed by atoms with E-state index in [1.165, 1.54) is 0 Å². The van der Waals surface area contributed by atoms with Crippen molar-refractivity contribution in [2.24, 2.45) is 0 Å². The summed E-state index contributed by atoms with van der Waals surface area (Å²) in [7, 11) is 0. The van der Waals surface area contributed by atoms with Crippen LogP contribution in [-0.2, 0) is 42.6 Å². The van der Waals surface area contributed by atoms with Crippen LogP contribution in [0.3, 0.4) is 0 Å². The van der Waals surface area contributed by atoms with E-state index < -0.39 is 224 Å². The number of hydrogen-bond donors (Lipinski definition) is 24. The molecule has 0 radical (unpaired) electrons. The Bertz CT molecular complexity index is 1370. The van der Waals surface area contributed by atoms with Gasteiger partial charge in [0.1, 0.15) is 148 Å². The second kappa shape index (κ2) is 33.9. The molecule has 6 aliphatic heterocycles. The third kappa shape index (κ3) is 16.8. The number of aliphatic hydroxyl groups excluding tert-OH is 24. The van der Waals surface area contributed by atoms with Crippen molar-refractivity contribution < 1.29 is 316 Å². The minimum absolute atomic E-state index is 0. The molecule has 0 amide bonds. The fraction of sp³-hybridized carbons (Fsp3) is 1.00. The van der Waals surface area contributed by atoms with Crippen molar-refractivity contribution in [2.45, 2.75) is 164 Å². The molecule has 6 fully saturated rings. The van der Waals surface area contributed by atoms with Crippen molar-refractivity contribution in [3.8, 4) is 0 Å². The summed E-state index contributed by atoms with van der Waals surface area (Å²) in [6, 6.07) is 0. The molecule has 0 aromatic heterocycles. The molecule has 6 rings (SSSR count). The zero-order valence-electron chi connectivity index (χ0n) is 37.5. The summed E-state index contributed by atoms with van der Waals surface area (Å²) >= 11 is 0. The second-order valence-corrected chi connectivity index (χ2v) is 16.7. The maximum absolute atomic E-state index is 10.00. The maximum Gasteiger partial charge on any atom is 0.224 e. The van der Waals surface area contributed by atoms with Gasteiger partial charge in [-0.3, -0.25) is 0 Å². The van der Waals surface area contributed by atoms with Crippen LogP contribution in [0.15, 0.2) is 0 Å². The summed E-state index contributed by atoms with van der Waals surface area (Å²) in [5.41, 5.74) is 0. The summed E-state index contributed by atoms with van der Waals surface area (Å²) in [4.78, 5) is 0. The first-order chi connectivity index (χ1) is 32.4. The quantitative estimate of drug-likeness (QED) is 0.0724. The van der Waals surface area contributed by atoms with Gasteiger partial charge in [0.15, 0.2) is 18.9 Å². The maximum atomic E-state index is 10.00. The van der Waals surface area contributed by atoms with Crippen LogP contribution in [0.4, 0.5) is 0 Å². The predicted octanol–water partition coefficient (Wildman–Crippen LogP) is -16.2. The Balaban J connectivity index is 0.00000104. The Morgan fingerprint density at radius 3 is 0.603 bits per heavy atom. The first-order valence-electron chi connectivity index (χ1n) is 21.1. The van der Waals surface area contributed by atoms with Gasteiger partial charge in [-0.25, -0.2) is 0 Å². The molecule has 0 spiro atoms. The Morgan fingerprint density at radius 2 is 0.452 bits per heavy atom. The summed E-state index contributed by atoms with van der Waals surface area (Å²) in [6.07, 6.45) is -38.0. The van der Waals surface area contributed by atoms with E-state index in [2.05, 4.69) is 0 Å². The number of ether oxygens (including phenoxy) is 9. The van der Waals surface area contributed by atoms with Gasteiger partial charge in [-0.15, -0.1) is 0 Å². The normalized spacial score (nSPS) is 48.3. The van der Waals surface area contributed by atoms with E-state index in [9.17, 15) is 91.9 Å². The van der Waals surface area contributed by atoms with E-state index in [1.54, 1.807) is 0 Å². The van der Waals surface area contributed by atoms with Crippen LogP contribution in [0, 0.1) is 151 Å². The first-order valence-corrected chi connectivity index (χ1v) is 21.1. The van der Waals surface area contributed by atoms with Crippen LogP contribution in [0.1, 0.15) is 0 Å². The number of rotatable bonds is 15. The molecule has 440 valence electrons. The van der Waals surface area contributed by atoms with Crippen LogP contribution < -0.4 is 0 Å². The average molecular weight is 1190 g/mol. The molecule has 0 aromatic rings. The van der Waals surface area contributed by atoms with Gasteiger partial charge < -0.3 is 165 Å². The monoisotopic (exact) mass is 1190 g/mol. The van der Waals surface area contributed by atoms with Crippen molar-refractivity contribution >= 4 is 0 Å². The van der Waals surface area contributed by atoms with Crippen molar-refractivity contribution in [3.63, 3.8) is 0 Å². The molecule has 0 bridgehead atoms. The zero-order chi connectivity index (χ0) is 52.1. The Labute approximate surface area is 533 Å². The van der Waals surface area contributed by atoms with Gasteiger partial charge in [-0.1, -0.05) is 0 Å². The third-order valence-corrected chi connectivity index (χ3v) is 12.2. The van der Waals surface area contributed by atoms with Crippen molar-refractivity contribution in [1.82, 2.24) is 0 Å². The fourth-order valence-electron chi connectivity index (χ4n) is 7.89. The SMILES string of the molecule is OC[C@H]1O[C@@](CO)(O[C@H]2O[C@H](CO)[C@@H](O)[C@H](O)[C@H]2O)[C@@H](O)[C@@H]1O.OC[C@H]1O[C@@](CO)(O[C@H]2O[C@H](CO)[C@@H](O)[C@H](O)[C@H]2O)[C@@H](O)[C@@H]1O.OC[C@H]1O[C@@](CO)(O[C@H]2O[C@H](CO)[C@@H](O)[C@H](O)[C@H]2O)[C@@H](O)[C@@H]1O.[Ar].[Ar].[Ar].[Ar]. The molecule has 37 heteroatoms. The molecule has 0 saturated carbocycles. The largest absolute Gasteiger partial charge is 0.394 e. The molecular formula is C36H66Ar4O33. The molecule has 73 heavy (non-hydrogen) atoms. The minimum Gasteiger partial charge on any atom is -0.394 e. The van der Waals surface area contributed by atoms with Gasteiger partial charge in [0.2, 0.25) is 17.4 Å². The second-order valence-electron chi connectivity index (χ2n) is 16.7. The van der Waals surface area contributed by atoms with Gasteiger partial charge in [-0.2, -0.15) is 0 Å². The fourth-order valence-corrected chi connectivity index (χ4v) is 7.89. The van der Waals surface area contributed by atoms with Crippen LogP contribution in [-0.4, -0.2) is 346 Å². The van der Waals surface area contributed by atoms with E-state index in [0.29, 0.717) is 0 Å². The number of aliphatic hydroxyl groups is 24. The van der Waals surface area contributed by atoms with E-state index >= 15 is 0 Å². The van der Waals surface area contributed by atoms with E-state index in [4.69, 9.17) is 73.3 Å². The summed E-state index contributed by atoms with van der Waals surface area (Å²) in [5, 5.41) is 230. The van der Waals surface area contributed by atoms with E-state index in [0.717, 1.165) is 0 Å². The molecule has 33 nitrogen and oxygen atoms in total. The van der Waals surface area contributed by atoms with Crippen LogP contribution in [0.5, 0.6) is 0 Å². The standard InChI is InChI=1S/3C12H22O11.4Ar/c3*13-1-4-6(16)8(18)9(19)11(21-4)23-12(3-15)10(20)7(17)5(2-14)22-12;;;;/h3*4-11,13-20H,1-3H2;;;;/t3*4-,5-,6-,7-,8+,9-,10+,11-,12+;;;;/m111..../s1. The van der Waals surface area contributed by atoms with Crippen LogP contribution in [0.2, 0.25) is 0 Å². The molecular weight excluding hydrogens is 1120 g/mol. The summed E-state index contributed by atoms with van der Waals surface area (Å²) in [5.74, 6) is -6.67. The van der Waals surface area contributed by atoms with Gasteiger partial charge in [-0.05, 0) is 0 Å². The summed E-state index contributed by atoms with van der Waals surface area (Å²) < 4.78 is 46.3. The molecule has 6 saturated heterocycles. The Morgan fingerprint density at radius 1 is 0.260 bits per heavy atom. The first kappa shape index (κ1) is 76.7. The smallest absolute Gasteiger partial charge is 0.224 e. The Hall–Kier alpha value is 3.72. The molecule has 27 atom stereocenters. The predicted molar refractivity (Wildman–Crippen MR) is 206 cm³/mol. The van der Waals surface area contributed by atoms with Crippen molar-refractivity contribution in [3.05, 3.63) is 0 Å². The third-order valence-electron chi connectivity index (χ3n) is 12.2. The van der Waals surface area contributed by atoms with Gasteiger partial charge in [0, 0.05) is 151 Å². The van der Waals surface area contributed by atoms with Gasteiger partial charge in [0.05, 0.1) is 39.6 Å². The van der Waals surface area contributed by atoms with Crippen molar-refractivity contribution in [2.75, 3.05) is 59.5 Å².